The highest BCUT2D eigenvalue weighted by atomic mass is 19.1. The number of rotatable bonds is 12. The molecule has 1 N–H and O–H groups in total. The third kappa shape index (κ3) is 9.54. The van der Waals surface area contributed by atoms with Crippen molar-refractivity contribution in [1.82, 2.24) is 10.3 Å². The Hall–Kier alpha value is -2.46. The number of hydrogen-bond donors (Lipinski definition) is 1. The quantitative estimate of drug-likeness (QED) is 0.255. The highest BCUT2D eigenvalue weighted by Crippen LogP contribution is 2.30. The summed E-state index contributed by atoms with van der Waals surface area (Å²) in [6.07, 6.45) is 8.75. The number of unbranched alkanes of at least 4 members (excludes halogenated alkanes) is 1. The molecule has 198 valence electrons. The van der Waals surface area contributed by atoms with Crippen molar-refractivity contribution in [2.75, 3.05) is 13.1 Å². The molecular formula is C32H47FN2O. The van der Waals surface area contributed by atoms with Crippen molar-refractivity contribution < 1.29 is 8.81 Å². The highest BCUT2D eigenvalue weighted by molar-refractivity contribution is 5.86. The first-order chi connectivity index (χ1) is 17.3. The molecule has 0 saturated carbocycles. The third-order valence-electron chi connectivity index (χ3n) is 6.39. The van der Waals surface area contributed by atoms with Gasteiger partial charge in [0, 0.05) is 6.42 Å². The average molecular weight is 495 g/mol. The van der Waals surface area contributed by atoms with Crippen molar-refractivity contribution in [3.63, 3.8) is 0 Å². The van der Waals surface area contributed by atoms with Gasteiger partial charge < -0.3 is 9.73 Å². The number of aryl methyl sites for hydroxylation is 2. The minimum absolute atomic E-state index is 0.203. The second-order valence-corrected chi connectivity index (χ2v) is 10.3. The van der Waals surface area contributed by atoms with Gasteiger partial charge in [-0.1, -0.05) is 72.6 Å². The van der Waals surface area contributed by atoms with Gasteiger partial charge in [-0.05, 0) is 97.6 Å². The Morgan fingerprint density at radius 2 is 1.83 bits per heavy atom. The maximum atomic E-state index is 13.5. The van der Waals surface area contributed by atoms with Crippen molar-refractivity contribution >= 4 is 16.7 Å². The molecule has 1 unspecified atom stereocenters. The molecule has 0 aliphatic rings. The van der Waals surface area contributed by atoms with E-state index < -0.39 is 0 Å². The van der Waals surface area contributed by atoms with E-state index >= 15 is 0 Å². The van der Waals surface area contributed by atoms with E-state index in [1.807, 2.05) is 25.1 Å². The fourth-order valence-electron chi connectivity index (χ4n) is 4.01. The maximum Gasteiger partial charge on any atom is 0.195 e. The van der Waals surface area contributed by atoms with Crippen LogP contribution in [0.15, 0.2) is 46.9 Å². The van der Waals surface area contributed by atoms with Crippen molar-refractivity contribution in [3.8, 4) is 0 Å². The Kier molecular flexibility index (Phi) is 12.9. The van der Waals surface area contributed by atoms with Gasteiger partial charge in [0.2, 0.25) is 0 Å². The van der Waals surface area contributed by atoms with Gasteiger partial charge in [0.05, 0.1) is 0 Å². The Balaban J connectivity index is 0.000000352. The van der Waals surface area contributed by atoms with Crippen LogP contribution in [0.2, 0.25) is 0 Å². The van der Waals surface area contributed by atoms with Gasteiger partial charge in [-0.2, -0.15) is 0 Å². The van der Waals surface area contributed by atoms with Gasteiger partial charge in [-0.15, -0.1) is 0 Å². The van der Waals surface area contributed by atoms with E-state index in [2.05, 4.69) is 64.0 Å². The Labute approximate surface area is 218 Å². The number of benzene rings is 2. The largest absolute Gasteiger partial charge is 0.441 e. The first-order valence-corrected chi connectivity index (χ1v) is 13.9. The number of nitrogens with one attached hydrogen (secondary N) is 1. The number of fused-ring (bicyclic) bond motifs is 1. The lowest BCUT2D eigenvalue weighted by atomic mass is 9.93. The molecule has 3 rings (SSSR count). The molecule has 1 heterocycles. The zero-order chi connectivity index (χ0) is 26.5. The van der Waals surface area contributed by atoms with Crippen LogP contribution in [0.25, 0.3) is 16.7 Å². The summed E-state index contributed by atoms with van der Waals surface area (Å²) in [6, 6.07) is 11.1. The number of nitrogens with zero attached hydrogens (tertiary/aromatic N) is 1. The maximum absolute atomic E-state index is 13.5. The van der Waals surface area contributed by atoms with Crippen LogP contribution in [0.5, 0.6) is 0 Å². The molecule has 0 aliphatic carbocycles. The van der Waals surface area contributed by atoms with Crippen molar-refractivity contribution in [3.05, 3.63) is 70.9 Å². The summed E-state index contributed by atoms with van der Waals surface area (Å²) in [5, 5.41) is 3.45. The van der Waals surface area contributed by atoms with E-state index in [1.54, 1.807) is 6.07 Å². The van der Waals surface area contributed by atoms with Gasteiger partial charge in [-0.25, -0.2) is 9.37 Å². The molecule has 2 aromatic carbocycles. The molecule has 0 amide bonds. The zero-order valence-corrected chi connectivity index (χ0v) is 23.6. The Bertz CT molecular complexity index is 1080. The smallest absolute Gasteiger partial charge is 0.195 e. The minimum Gasteiger partial charge on any atom is -0.441 e. The van der Waals surface area contributed by atoms with Gasteiger partial charge in [-0.3, -0.25) is 0 Å². The molecule has 0 saturated heterocycles. The van der Waals surface area contributed by atoms with Crippen molar-refractivity contribution in [1.29, 1.82) is 0 Å². The van der Waals surface area contributed by atoms with Crippen LogP contribution in [0.4, 0.5) is 4.39 Å². The average Bonchev–Trinajstić information content (AvgIpc) is 3.25. The van der Waals surface area contributed by atoms with Crippen LogP contribution in [0.3, 0.4) is 0 Å². The van der Waals surface area contributed by atoms with E-state index in [9.17, 15) is 4.39 Å². The number of halogens is 1. The summed E-state index contributed by atoms with van der Waals surface area (Å²) < 4.78 is 19.4. The van der Waals surface area contributed by atoms with Gasteiger partial charge >= 0.3 is 0 Å². The summed E-state index contributed by atoms with van der Waals surface area (Å²) in [5.74, 6) is 2.25. The molecular weight excluding hydrogens is 447 g/mol. The predicted molar refractivity (Wildman–Crippen MR) is 153 cm³/mol. The van der Waals surface area contributed by atoms with Crippen molar-refractivity contribution in [2.45, 2.75) is 87.0 Å². The SMILES string of the molecule is CCC(C)CCNCC(C)C.CCC/C=C(/c1ccc2nc(CCC)oc2c1)c1ccc(F)cc1C. The topological polar surface area (TPSA) is 38.1 Å². The van der Waals surface area contributed by atoms with Crippen LogP contribution < -0.4 is 5.32 Å². The lowest BCUT2D eigenvalue weighted by Gasteiger charge is -2.12. The molecule has 0 fully saturated rings. The number of aromatic nitrogens is 1. The van der Waals surface area contributed by atoms with Gasteiger partial charge in [0.25, 0.3) is 0 Å². The lowest BCUT2D eigenvalue weighted by molar-refractivity contribution is 0.467. The monoisotopic (exact) mass is 494 g/mol. The third-order valence-corrected chi connectivity index (χ3v) is 6.39. The molecule has 1 atom stereocenters. The van der Waals surface area contributed by atoms with Crippen LogP contribution in [0, 0.1) is 24.6 Å². The number of allylic oxidation sites excluding steroid dienone is 1. The lowest BCUT2D eigenvalue weighted by Crippen LogP contribution is -2.21. The van der Waals surface area contributed by atoms with Crippen LogP contribution in [-0.4, -0.2) is 18.1 Å². The molecule has 0 aliphatic heterocycles. The zero-order valence-electron chi connectivity index (χ0n) is 23.6. The van der Waals surface area contributed by atoms with E-state index in [0.29, 0.717) is 0 Å². The van der Waals surface area contributed by atoms with Gasteiger partial charge in [0.1, 0.15) is 11.3 Å². The fourth-order valence-corrected chi connectivity index (χ4v) is 4.01. The van der Waals surface area contributed by atoms with Gasteiger partial charge in [0.15, 0.2) is 11.5 Å². The van der Waals surface area contributed by atoms with Crippen LogP contribution in [0.1, 0.15) is 96.2 Å². The Morgan fingerprint density at radius 3 is 2.47 bits per heavy atom. The minimum atomic E-state index is -0.203. The normalized spacial score (nSPS) is 12.6. The summed E-state index contributed by atoms with van der Waals surface area (Å²) in [5.41, 5.74) is 5.89. The first-order valence-electron chi connectivity index (χ1n) is 13.9. The summed E-state index contributed by atoms with van der Waals surface area (Å²) in [4.78, 5) is 4.53. The highest BCUT2D eigenvalue weighted by Gasteiger charge is 2.12. The first kappa shape index (κ1) is 29.8. The van der Waals surface area contributed by atoms with Crippen molar-refractivity contribution in [2.24, 2.45) is 11.8 Å². The molecule has 0 radical (unpaired) electrons. The molecule has 3 aromatic rings. The predicted octanol–water partition coefficient (Wildman–Crippen LogP) is 9.13. The molecule has 3 nitrogen and oxygen atoms in total. The van der Waals surface area contributed by atoms with E-state index in [0.717, 1.165) is 83.3 Å². The summed E-state index contributed by atoms with van der Waals surface area (Å²) >= 11 is 0. The summed E-state index contributed by atoms with van der Waals surface area (Å²) in [7, 11) is 0. The molecule has 1 aromatic heterocycles. The summed E-state index contributed by atoms with van der Waals surface area (Å²) in [6.45, 7) is 17.6. The Morgan fingerprint density at radius 1 is 1.06 bits per heavy atom. The fraction of sp³-hybridized carbons (Fsp3) is 0.531. The van der Waals surface area contributed by atoms with E-state index in [-0.39, 0.29) is 5.82 Å². The number of hydrogen-bond acceptors (Lipinski definition) is 3. The van der Waals surface area contributed by atoms with Crippen LogP contribution >= 0.6 is 0 Å². The second-order valence-electron chi connectivity index (χ2n) is 10.3. The van der Waals surface area contributed by atoms with E-state index in [4.69, 9.17) is 4.42 Å². The van der Waals surface area contributed by atoms with E-state index in [1.165, 1.54) is 25.5 Å². The second kappa shape index (κ2) is 15.6. The molecule has 0 bridgehead atoms. The molecule has 0 spiro atoms. The molecule has 36 heavy (non-hydrogen) atoms. The van der Waals surface area contributed by atoms with Crippen LogP contribution in [-0.2, 0) is 6.42 Å². The number of oxazole rings is 1. The standard InChI is InChI=1S/C22H24FNO.C10H23N/c1-4-6-8-19(18-11-10-17(23)13-15(18)3)16-9-12-20-21(14-16)25-22(24-20)7-5-2;1-5-10(4)6-7-11-8-9(2)3/h8-14H,4-7H2,1-3H3;9-11H,5-8H2,1-4H3/b19-8-;. The molecule has 4 heteroatoms.